The first-order valence-corrected chi connectivity index (χ1v) is 6.56. The highest BCUT2D eigenvalue weighted by Gasteiger charge is 2.31. The number of rotatable bonds is 6. The Morgan fingerprint density at radius 2 is 2.15 bits per heavy atom. The van der Waals surface area contributed by atoms with Gasteiger partial charge in [0.15, 0.2) is 11.6 Å². The number of nitrogens with zero attached hydrogens (tertiary/aromatic N) is 1. The van der Waals surface area contributed by atoms with E-state index in [1.807, 2.05) is 5.10 Å². The molecule has 114 valence electrons. The minimum Gasteiger partial charge on any atom is -0.462 e. The van der Waals surface area contributed by atoms with Crippen LogP contribution in [0, 0.1) is 0 Å². The van der Waals surface area contributed by atoms with Crippen LogP contribution >= 0.6 is 0 Å². The highest BCUT2D eigenvalue weighted by atomic mass is 32.2. The summed E-state index contributed by atoms with van der Waals surface area (Å²) in [5, 5.41) is 4.54. The van der Waals surface area contributed by atoms with Gasteiger partial charge in [0.1, 0.15) is 5.56 Å². The lowest BCUT2D eigenvalue weighted by Crippen LogP contribution is -2.30. The van der Waals surface area contributed by atoms with Gasteiger partial charge in [0.25, 0.3) is 10.0 Å². The first kappa shape index (κ1) is 16.4. The van der Waals surface area contributed by atoms with Crippen LogP contribution in [0.25, 0.3) is 0 Å². The molecule has 0 aliphatic rings. The van der Waals surface area contributed by atoms with Crippen LogP contribution in [0.2, 0.25) is 0 Å². The van der Waals surface area contributed by atoms with Gasteiger partial charge in [0.2, 0.25) is 0 Å². The van der Waals surface area contributed by atoms with Crippen LogP contribution in [-0.2, 0) is 19.6 Å². The summed E-state index contributed by atoms with van der Waals surface area (Å²) in [5.41, 5.74) is -0.449. The van der Waals surface area contributed by atoms with Gasteiger partial charge in [0, 0.05) is 0 Å². The highest BCUT2D eigenvalue weighted by molar-refractivity contribution is 7.89. The maximum atomic E-state index is 11.8. The molecular formula is C8H10F3N3O5S. The minimum absolute atomic E-state index is 0.0124. The molecule has 0 bridgehead atoms. The molecule has 20 heavy (non-hydrogen) atoms. The maximum Gasteiger partial charge on any atom is 0.413 e. The molecule has 2 N–H and O–H groups in total. The van der Waals surface area contributed by atoms with Gasteiger partial charge in [-0.15, -0.1) is 0 Å². The lowest BCUT2D eigenvalue weighted by atomic mass is 10.4. The quantitative estimate of drug-likeness (QED) is 0.579. The molecular weight excluding hydrogens is 307 g/mol. The SMILES string of the molecule is CCOC(=O)c1cn[nH]c1S(=O)(=O)NOCC(F)(F)F. The van der Waals surface area contributed by atoms with E-state index >= 15 is 0 Å². The lowest BCUT2D eigenvalue weighted by Gasteiger charge is -2.09. The molecule has 0 aliphatic heterocycles. The van der Waals surface area contributed by atoms with Crippen LogP contribution in [0.3, 0.4) is 0 Å². The van der Waals surface area contributed by atoms with Crippen molar-refractivity contribution in [1.82, 2.24) is 15.1 Å². The van der Waals surface area contributed by atoms with Crippen molar-refractivity contribution in [2.24, 2.45) is 0 Å². The second kappa shape index (κ2) is 6.19. The normalized spacial score (nSPS) is 12.4. The fourth-order valence-electron chi connectivity index (χ4n) is 1.06. The summed E-state index contributed by atoms with van der Waals surface area (Å²) >= 11 is 0. The molecule has 12 heteroatoms. The van der Waals surface area contributed by atoms with Crippen LogP contribution in [0.1, 0.15) is 17.3 Å². The lowest BCUT2D eigenvalue weighted by molar-refractivity contribution is -0.181. The van der Waals surface area contributed by atoms with Crippen LogP contribution in [0.4, 0.5) is 13.2 Å². The highest BCUT2D eigenvalue weighted by Crippen LogP contribution is 2.16. The van der Waals surface area contributed by atoms with Crippen LogP contribution in [-0.4, -0.2) is 44.0 Å². The Labute approximate surface area is 111 Å². The summed E-state index contributed by atoms with van der Waals surface area (Å²) in [6, 6.07) is 0. The van der Waals surface area contributed by atoms with Crippen LogP contribution in [0.5, 0.6) is 0 Å². The van der Waals surface area contributed by atoms with Gasteiger partial charge in [0.05, 0.1) is 12.8 Å². The number of nitrogens with one attached hydrogen (secondary N) is 2. The molecule has 0 atom stereocenters. The molecule has 0 saturated heterocycles. The van der Waals surface area contributed by atoms with Gasteiger partial charge < -0.3 is 4.74 Å². The number of carbonyl (C=O) groups excluding carboxylic acids is 1. The van der Waals surface area contributed by atoms with E-state index in [1.54, 1.807) is 0 Å². The molecule has 8 nitrogen and oxygen atoms in total. The third-order valence-corrected chi connectivity index (χ3v) is 2.96. The number of halogens is 3. The number of aromatic nitrogens is 2. The second-order valence-corrected chi connectivity index (χ2v) is 4.91. The van der Waals surface area contributed by atoms with E-state index in [-0.39, 0.29) is 6.61 Å². The maximum absolute atomic E-state index is 11.8. The van der Waals surface area contributed by atoms with Gasteiger partial charge in [-0.2, -0.15) is 18.3 Å². The third-order valence-electron chi connectivity index (χ3n) is 1.77. The molecule has 0 radical (unpaired) electrons. The van der Waals surface area contributed by atoms with E-state index in [4.69, 9.17) is 0 Å². The van der Waals surface area contributed by atoms with E-state index < -0.39 is 39.4 Å². The van der Waals surface area contributed by atoms with Gasteiger partial charge in [-0.05, 0) is 6.92 Å². The Morgan fingerprint density at radius 1 is 1.50 bits per heavy atom. The Bertz CT molecular complexity index is 568. The average Bonchev–Trinajstić information content (AvgIpc) is 2.76. The first-order chi connectivity index (χ1) is 9.17. The van der Waals surface area contributed by atoms with Crippen molar-refractivity contribution in [2.45, 2.75) is 18.1 Å². The molecule has 1 aromatic rings. The fourth-order valence-corrected chi connectivity index (χ4v) is 1.96. The van der Waals surface area contributed by atoms with Gasteiger partial charge in [-0.3, -0.25) is 9.94 Å². The van der Waals surface area contributed by atoms with Crippen molar-refractivity contribution < 1.29 is 36.0 Å². The second-order valence-electron chi connectivity index (χ2n) is 3.32. The summed E-state index contributed by atoms with van der Waals surface area (Å²) in [6.07, 6.45) is -3.84. The summed E-state index contributed by atoms with van der Waals surface area (Å²) in [5.74, 6) is -0.988. The standard InChI is InChI=1S/C8H10F3N3O5S/c1-2-18-7(15)5-3-12-13-6(5)20(16,17)14-19-4-8(9,10)11/h3,14H,2,4H2,1H3,(H,12,13). The minimum atomic E-state index is -4.71. The van der Waals surface area contributed by atoms with Gasteiger partial charge in [-0.25, -0.2) is 13.2 Å². The smallest absolute Gasteiger partial charge is 0.413 e. The van der Waals surface area contributed by atoms with E-state index in [1.165, 1.54) is 11.8 Å². The average molecular weight is 317 g/mol. The number of carbonyl (C=O) groups is 1. The monoisotopic (exact) mass is 317 g/mol. The van der Waals surface area contributed by atoms with E-state index in [0.29, 0.717) is 0 Å². The van der Waals surface area contributed by atoms with Gasteiger partial charge in [-0.1, -0.05) is 4.89 Å². The number of alkyl halides is 3. The summed E-state index contributed by atoms with van der Waals surface area (Å²) < 4.78 is 63.3. The predicted octanol–water partition coefficient (Wildman–Crippen LogP) is 0.359. The molecule has 0 aromatic carbocycles. The van der Waals surface area contributed by atoms with Crippen molar-refractivity contribution in [1.29, 1.82) is 0 Å². The van der Waals surface area contributed by atoms with Crippen molar-refractivity contribution >= 4 is 16.0 Å². The molecule has 0 saturated carbocycles. The summed E-state index contributed by atoms with van der Waals surface area (Å²) in [4.78, 5) is 16.5. The molecule has 0 unspecified atom stereocenters. The molecule has 1 aromatic heterocycles. The number of aromatic amines is 1. The molecule has 1 rings (SSSR count). The van der Waals surface area contributed by atoms with Crippen LogP contribution in [0.15, 0.2) is 11.2 Å². The van der Waals surface area contributed by atoms with Crippen molar-refractivity contribution in [3.63, 3.8) is 0 Å². The molecule has 1 heterocycles. The number of sulfonamides is 1. The van der Waals surface area contributed by atoms with Gasteiger partial charge >= 0.3 is 12.1 Å². The predicted molar refractivity (Wildman–Crippen MR) is 56.9 cm³/mol. The van der Waals surface area contributed by atoms with E-state index in [0.717, 1.165) is 6.20 Å². The number of hydrogen-bond donors (Lipinski definition) is 2. The fraction of sp³-hybridized carbons (Fsp3) is 0.500. The van der Waals surface area contributed by atoms with Crippen molar-refractivity contribution in [2.75, 3.05) is 13.2 Å². The zero-order valence-electron chi connectivity index (χ0n) is 10.0. The molecule has 0 amide bonds. The Kier molecular flexibility index (Phi) is 5.08. The molecule has 0 aliphatic carbocycles. The van der Waals surface area contributed by atoms with E-state index in [2.05, 4.69) is 14.7 Å². The number of esters is 1. The zero-order chi connectivity index (χ0) is 15.4. The number of hydrogen-bond acceptors (Lipinski definition) is 6. The zero-order valence-corrected chi connectivity index (χ0v) is 10.8. The molecule has 0 spiro atoms. The van der Waals surface area contributed by atoms with Crippen molar-refractivity contribution in [3.8, 4) is 0 Å². The first-order valence-electron chi connectivity index (χ1n) is 5.08. The number of H-pyrrole nitrogens is 1. The summed E-state index contributed by atoms with van der Waals surface area (Å²) in [7, 11) is -4.52. The topological polar surface area (TPSA) is 110 Å². The Balaban J connectivity index is 2.83. The van der Waals surface area contributed by atoms with E-state index in [9.17, 15) is 26.4 Å². The molecule has 0 fully saturated rings. The number of ether oxygens (including phenoxy) is 1. The Morgan fingerprint density at radius 3 is 2.70 bits per heavy atom. The van der Waals surface area contributed by atoms with Crippen LogP contribution < -0.4 is 4.89 Å². The summed E-state index contributed by atoms with van der Waals surface area (Å²) in [6.45, 7) is -0.340. The third kappa shape index (κ3) is 4.47. The van der Waals surface area contributed by atoms with Crippen molar-refractivity contribution in [3.05, 3.63) is 11.8 Å². The largest absolute Gasteiger partial charge is 0.462 e. The Hall–Kier alpha value is -1.66.